The van der Waals surface area contributed by atoms with Crippen LogP contribution in [0.5, 0.6) is 0 Å². The van der Waals surface area contributed by atoms with Gasteiger partial charge in [-0.05, 0) is 43.4 Å². The summed E-state index contributed by atoms with van der Waals surface area (Å²) in [5.74, 6) is 0.0432. The zero-order valence-electron chi connectivity index (χ0n) is 12.0. The van der Waals surface area contributed by atoms with Gasteiger partial charge in [0.15, 0.2) is 0 Å². The molecule has 2 fully saturated rings. The lowest BCUT2D eigenvalue weighted by Gasteiger charge is -2.16. The van der Waals surface area contributed by atoms with E-state index in [-0.39, 0.29) is 11.8 Å². The molecule has 4 N–H and O–H groups in total. The number of hydrogen-bond donors (Lipinski definition) is 3. The van der Waals surface area contributed by atoms with Crippen molar-refractivity contribution in [1.82, 2.24) is 10.6 Å². The minimum Gasteiger partial charge on any atom is -0.399 e. The van der Waals surface area contributed by atoms with Crippen molar-refractivity contribution in [2.24, 2.45) is 0 Å². The van der Waals surface area contributed by atoms with Crippen LogP contribution in [0.3, 0.4) is 0 Å². The van der Waals surface area contributed by atoms with Gasteiger partial charge in [0.05, 0.1) is 5.41 Å². The molecule has 3 rings (SSSR count). The molecule has 5 nitrogen and oxygen atoms in total. The number of carbonyl (C=O) groups excluding carboxylic acids is 2. The first kappa shape index (κ1) is 13.9. The summed E-state index contributed by atoms with van der Waals surface area (Å²) in [6, 6.07) is 7.86. The van der Waals surface area contributed by atoms with E-state index in [0.717, 1.165) is 31.2 Å². The Morgan fingerprint density at radius 2 is 1.86 bits per heavy atom. The summed E-state index contributed by atoms with van der Waals surface area (Å²) in [7, 11) is 0. The Kier molecular flexibility index (Phi) is 3.57. The van der Waals surface area contributed by atoms with Crippen LogP contribution in [0, 0.1) is 0 Å². The van der Waals surface area contributed by atoms with E-state index in [0.29, 0.717) is 24.7 Å². The molecule has 1 aromatic carbocycles. The van der Waals surface area contributed by atoms with E-state index in [9.17, 15) is 9.59 Å². The van der Waals surface area contributed by atoms with Crippen molar-refractivity contribution in [2.45, 2.75) is 43.6 Å². The van der Waals surface area contributed by atoms with Gasteiger partial charge in [0.25, 0.3) is 0 Å². The molecule has 2 aliphatic carbocycles. The Morgan fingerprint density at radius 3 is 2.43 bits per heavy atom. The Bertz CT molecular complexity index is 545. The van der Waals surface area contributed by atoms with Crippen LogP contribution in [0.2, 0.25) is 0 Å². The zero-order valence-corrected chi connectivity index (χ0v) is 12.0. The molecule has 2 amide bonds. The van der Waals surface area contributed by atoms with E-state index >= 15 is 0 Å². The van der Waals surface area contributed by atoms with Crippen molar-refractivity contribution in [3.63, 3.8) is 0 Å². The molecule has 21 heavy (non-hydrogen) atoms. The second kappa shape index (κ2) is 5.39. The maximum Gasteiger partial charge on any atom is 0.230 e. The highest BCUT2D eigenvalue weighted by Crippen LogP contribution is 2.48. The zero-order chi connectivity index (χ0) is 14.9. The lowest BCUT2D eigenvalue weighted by Crippen LogP contribution is -2.37. The monoisotopic (exact) mass is 287 g/mol. The molecule has 0 unspecified atom stereocenters. The molecule has 0 spiro atoms. The first-order valence-corrected chi connectivity index (χ1v) is 7.54. The van der Waals surface area contributed by atoms with Crippen molar-refractivity contribution in [1.29, 1.82) is 0 Å². The molecule has 2 saturated carbocycles. The quantitative estimate of drug-likeness (QED) is 0.685. The molecule has 0 heterocycles. The van der Waals surface area contributed by atoms with Crippen LogP contribution >= 0.6 is 0 Å². The number of hydrogen-bond acceptors (Lipinski definition) is 3. The lowest BCUT2D eigenvalue weighted by atomic mass is 9.95. The first-order valence-electron chi connectivity index (χ1n) is 7.54. The second-order valence-electron chi connectivity index (χ2n) is 6.05. The van der Waals surface area contributed by atoms with Gasteiger partial charge in [-0.25, -0.2) is 0 Å². The van der Waals surface area contributed by atoms with Gasteiger partial charge >= 0.3 is 0 Å². The fourth-order valence-electron chi connectivity index (χ4n) is 2.56. The Morgan fingerprint density at radius 1 is 1.19 bits per heavy atom. The SMILES string of the molecule is Nc1ccc(C2(C(=O)NCCC(=O)NC3CC3)CC2)cc1. The summed E-state index contributed by atoms with van der Waals surface area (Å²) in [6.45, 7) is 0.397. The predicted molar refractivity (Wildman–Crippen MR) is 80.6 cm³/mol. The summed E-state index contributed by atoms with van der Waals surface area (Å²) in [4.78, 5) is 23.9. The molecule has 0 aromatic heterocycles. The van der Waals surface area contributed by atoms with Crippen molar-refractivity contribution in [3.05, 3.63) is 29.8 Å². The van der Waals surface area contributed by atoms with Gasteiger partial charge in [0, 0.05) is 24.7 Å². The average Bonchev–Trinajstić information content (AvgIpc) is 3.34. The van der Waals surface area contributed by atoms with Gasteiger partial charge < -0.3 is 16.4 Å². The maximum atomic E-state index is 12.4. The van der Waals surface area contributed by atoms with Crippen LogP contribution in [0.4, 0.5) is 5.69 Å². The lowest BCUT2D eigenvalue weighted by molar-refractivity contribution is -0.124. The molecule has 0 bridgehead atoms. The summed E-state index contributed by atoms with van der Waals surface area (Å²) >= 11 is 0. The number of anilines is 1. The van der Waals surface area contributed by atoms with Gasteiger partial charge in [-0.2, -0.15) is 0 Å². The Balaban J connectivity index is 1.50. The fraction of sp³-hybridized carbons (Fsp3) is 0.500. The molecule has 1 aromatic rings. The van der Waals surface area contributed by atoms with Crippen molar-refractivity contribution in [2.75, 3.05) is 12.3 Å². The van der Waals surface area contributed by atoms with Crippen LogP contribution in [0.15, 0.2) is 24.3 Å². The second-order valence-corrected chi connectivity index (χ2v) is 6.05. The molecule has 0 atom stereocenters. The topological polar surface area (TPSA) is 84.2 Å². The Hall–Kier alpha value is -2.04. The number of carbonyl (C=O) groups is 2. The molecule has 0 saturated heterocycles. The normalized spacial score (nSPS) is 18.9. The highest BCUT2D eigenvalue weighted by molar-refractivity contribution is 5.91. The van der Waals surface area contributed by atoms with Gasteiger partial charge in [0.2, 0.25) is 11.8 Å². The number of benzene rings is 1. The van der Waals surface area contributed by atoms with Gasteiger partial charge in [-0.1, -0.05) is 12.1 Å². The molecular formula is C16H21N3O2. The minimum atomic E-state index is -0.402. The molecule has 0 radical (unpaired) electrons. The largest absolute Gasteiger partial charge is 0.399 e. The number of rotatable bonds is 6. The van der Waals surface area contributed by atoms with E-state index in [1.54, 1.807) is 0 Å². The van der Waals surface area contributed by atoms with Crippen LogP contribution in [-0.2, 0) is 15.0 Å². The van der Waals surface area contributed by atoms with Crippen molar-refractivity contribution < 1.29 is 9.59 Å². The number of nitrogen functional groups attached to an aromatic ring is 1. The standard InChI is InChI=1S/C16H21N3O2/c17-12-3-1-11(2-4-12)16(8-9-16)15(21)18-10-7-14(20)19-13-5-6-13/h1-4,13H,5-10,17H2,(H,18,21)(H,19,20). The van der Waals surface area contributed by atoms with Crippen LogP contribution in [-0.4, -0.2) is 24.4 Å². The summed E-state index contributed by atoms with van der Waals surface area (Å²) < 4.78 is 0. The third-order valence-corrected chi connectivity index (χ3v) is 4.23. The van der Waals surface area contributed by atoms with Gasteiger partial charge in [0.1, 0.15) is 0 Å². The van der Waals surface area contributed by atoms with Crippen LogP contribution in [0.1, 0.15) is 37.7 Å². The van der Waals surface area contributed by atoms with E-state index in [1.807, 2.05) is 24.3 Å². The molecule has 0 aliphatic heterocycles. The number of nitrogens with one attached hydrogen (secondary N) is 2. The smallest absolute Gasteiger partial charge is 0.230 e. The number of amides is 2. The third-order valence-electron chi connectivity index (χ3n) is 4.23. The fourth-order valence-corrected chi connectivity index (χ4v) is 2.56. The average molecular weight is 287 g/mol. The highest BCUT2D eigenvalue weighted by atomic mass is 16.2. The Labute approximate surface area is 124 Å². The van der Waals surface area contributed by atoms with E-state index in [4.69, 9.17) is 5.73 Å². The van der Waals surface area contributed by atoms with E-state index < -0.39 is 5.41 Å². The maximum absolute atomic E-state index is 12.4. The van der Waals surface area contributed by atoms with Gasteiger partial charge in [-0.15, -0.1) is 0 Å². The minimum absolute atomic E-state index is 0.0199. The predicted octanol–water partition coefficient (Wildman–Crippen LogP) is 1.09. The molecular weight excluding hydrogens is 266 g/mol. The molecule has 2 aliphatic rings. The number of nitrogens with two attached hydrogens (primary N) is 1. The summed E-state index contributed by atoms with van der Waals surface area (Å²) in [6.07, 6.45) is 4.23. The highest BCUT2D eigenvalue weighted by Gasteiger charge is 2.50. The third kappa shape index (κ3) is 3.17. The van der Waals surface area contributed by atoms with Gasteiger partial charge in [-0.3, -0.25) is 9.59 Å². The summed E-state index contributed by atoms with van der Waals surface area (Å²) in [5.41, 5.74) is 6.99. The molecule has 112 valence electrons. The van der Waals surface area contributed by atoms with Crippen LogP contribution in [0.25, 0.3) is 0 Å². The van der Waals surface area contributed by atoms with Crippen LogP contribution < -0.4 is 16.4 Å². The first-order chi connectivity index (χ1) is 10.1. The van der Waals surface area contributed by atoms with Crippen molar-refractivity contribution in [3.8, 4) is 0 Å². The van der Waals surface area contributed by atoms with E-state index in [1.165, 1.54) is 0 Å². The molecule has 5 heteroatoms. The van der Waals surface area contributed by atoms with Crippen molar-refractivity contribution >= 4 is 17.5 Å². The van der Waals surface area contributed by atoms with E-state index in [2.05, 4.69) is 10.6 Å². The summed E-state index contributed by atoms with van der Waals surface area (Å²) in [5, 5.41) is 5.81.